The van der Waals surface area contributed by atoms with Crippen LogP contribution in [0.5, 0.6) is 0 Å². The van der Waals surface area contributed by atoms with E-state index in [4.69, 9.17) is 0 Å². The summed E-state index contributed by atoms with van der Waals surface area (Å²) in [6.07, 6.45) is 0.961. The van der Waals surface area contributed by atoms with E-state index in [0.29, 0.717) is 0 Å². The van der Waals surface area contributed by atoms with E-state index >= 15 is 0 Å². The van der Waals surface area contributed by atoms with Gasteiger partial charge in [0.25, 0.3) is 0 Å². The molecular weight excluding hydrogens is 338 g/mol. The molecule has 2 rings (SSSR count). The zero-order valence-electron chi connectivity index (χ0n) is 16.8. The fourth-order valence-corrected chi connectivity index (χ4v) is 2.69. The lowest BCUT2D eigenvalue weighted by molar-refractivity contribution is -0.122. The van der Waals surface area contributed by atoms with Crippen molar-refractivity contribution in [2.75, 3.05) is 24.2 Å². The monoisotopic (exact) mass is 367 g/mol. The van der Waals surface area contributed by atoms with Gasteiger partial charge in [-0.2, -0.15) is 0 Å². The number of nitrogens with zero attached hydrogens (tertiary/aromatic N) is 1. The molecule has 144 valence electrons. The van der Waals surface area contributed by atoms with Gasteiger partial charge < -0.3 is 10.6 Å². The Bertz CT molecular complexity index is 800. The molecule has 2 amide bonds. The summed E-state index contributed by atoms with van der Waals surface area (Å²) >= 11 is 0. The minimum Gasteiger partial charge on any atom is -0.325 e. The maximum atomic E-state index is 12.5. The number of likely N-dealkylation sites (N-methyl/N-ethyl adjacent to an activating group) is 1. The zero-order chi connectivity index (χ0) is 20.0. The number of rotatable bonds is 7. The number of benzene rings is 2. The first kappa shape index (κ1) is 20.6. The van der Waals surface area contributed by atoms with Crippen molar-refractivity contribution >= 4 is 23.2 Å². The lowest BCUT2D eigenvalue weighted by atomic mass is 10.1. The Morgan fingerprint density at radius 3 is 2.33 bits per heavy atom. The van der Waals surface area contributed by atoms with Crippen LogP contribution in [0.3, 0.4) is 0 Å². The molecule has 2 N–H and O–H groups in total. The van der Waals surface area contributed by atoms with Crippen molar-refractivity contribution in [3.8, 4) is 0 Å². The summed E-state index contributed by atoms with van der Waals surface area (Å²) < 4.78 is 0. The molecule has 0 unspecified atom stereocenters. The van der Waals surface area contributed by atoms with Crippen LogP contribution in [0, 0.1) is 13.8 Å². The SMILES string of the molecule is CCc1ccc(NC(=O)[C@@H](C)N(C)CC(=O)Nc2cc(C)ccc2C)cc1. The number of anilines is 2. The number of amides is 2. The summed E-state index contributed by atoms with van der Waals surface area (Å²) in [4.78, 5) is 26.6. The van der Waals surface area contributed by atoms with E-state index in [9.17, 15) is 9.59 Å². The number of aryl methyl sites for hydroxylation is 3. The van der Waals surface area contributed by atoms with Gasteiger partial charge in [0.05, 0.1) is 12.6 Å². The fourth-order valence-electron chi connectivity index (χ4n) is 2.69. The predicted molar refractivity (Wildman–Crippen MR) is 111 cm³/mol. The van der Waals surface area contributed by atoms with Gasteiger partial charge in [0.1, 0.15) is 0 Å². The molecule has 0 aromatic heterocycles. The van der Waals surface area contributed by atoms with Crippen LogP contribution >= 0.6 is 0 Å². The quantitative estimate of drug-likeness (QED) is 0.783. The second-order valence-electron chi connectivity index (χ2n) is 7.00. The van der Waals surface area contributed by atoms with Crippen molar-refractivity contribution in [3.63, 3.8) is 0 Å². The molecule has 2 aromatic rings. The fraction of sp³-hybridized carbons (Fsp3) is 0.364. The van der Waals surface area contributed by atoms with Crippen LogP contribution in [0.25, 0.3) is 0 Å². The normalized spacial score (nSPS) is 11.9. The summed E-state index contributed by atoms with van der Waals surface area (Å²) in [6.45, 7) is 7.96. The third kappa shape index (κ3) is 5.93. The molecule has 1 atom stereocenters. The van der Waals surface area contributed by atoms with E-state index in [1.54, 1.807) is 18.9 Å². The Hall–Kier alpha value is -2.66. The minimum atomic E-state index is -0.430. The Labute approximate surface area is 161 Å². The molecule has 0 aliphatic rings. The molecule has 0 saturated carbocycles. The lowest BCUT2D eigenvalue weighted by Crippen LogP contribution is -2.43. The summed E-state index contributed by atoms with van der Waals surface area (Å²) in [5.41, 5.74) is 4.89. The molecular formula is C22H29N3O2. The zero-order valence-corrected chi connectivity index (χ0v) is 16.8. The van der Waals surface area contributed by atoms with Crippen molar-refractivity contribution in [3.05, 3.63) is 59.2 Å². The van der Waals surface area contributed by atoms with E-state index < -0.39 is 6.04 Å². The molecule has 0 bridgehead atoms. The molecule has 0 aliphatic carbocycles. The highest BCUT2D eigenvalue weighted by Gasteiger charge is 2.20. The van der Waals surface area contributed by atoms with Crippen LogP contribution in [0.4, 0.5) is 11.4 Å². The van der Waals surface area contributed by atoms with E-state index in [1.165, 1.54) is 5.56 Å². The van der Waals surface area contributed by atoms with Gasteiger partial charge in [-0.25, -0.2) is 0 Å². The van der Waals surface area contributed by atoms with Gasteiger partial charge in [0, 0.05) is 11.4 Å². The first-order valence-corrected chi connectivity index (χ1v) is 9.27. The van der Waals surface area contributed by atoms with Gasteiger partial charge in [-0.1, -0.05) is 31.2 Å². The molecule has 2 aromatic carbocycles. The topological polar surface area (TPSA) is 61.4 Å². The van der Waals surface area contributed by atoms with Crippen molar-refractivity contribution in [2.45, 2.75) is 40.2 Å². The summed E-state index contributed by atoms with van der Waals surface area (Å²) in [7, 11) is 1.77. The van der Waals surface area contributed by atoms with Crippen molar-refractivity contribution < 1.29 is 9.59 Å². The first-order chi connectivity index (χ1) is 12.8. The van der Waals surface area contributed by atoms with Crippen molar-refractivity contribution in [1.82, 2.24) is 4.90 Å². The molecule has 5 heteroatoms. The first-order valence-electron chi connectivity index (χ1n) is 9.27. The summed E-state index contributed by atoms with van der Waals surface area (Å²) in [6, 6.07) is 13.3. The van der Waals surface area contributed by atoms with E-state index in [2.05, 4.69) is 17.6 Å². The second-order valence-corrected chi connectivity index (χ2v) is 7.00. The van der Waals surface area contributed by atoms with Crippen LogP contribution in [0.15, 0.2) is 42.5 Å². The van der Waals surface area contributed by atoms with Gasteiger partial charge in [0.15, 0.2) is 0 Å². The van der Waals surface area contributed by atoms with E-state index in [0.717, 1.165) is 28.9 Å². The average Bonchev–Trinajstić information content (AvgIpc) is 2.64. The van der Waals surface area contributed by atoms with E-state index in [-0.39, 0.29) is 18.4 Å². The molecule has 0 saturated heterocycles. The number of carbonyl (C=O) groups is 2. The number of carbonyl (C=O) groups excluding carboxylic acids is 2. The molecule has 0 heterocycles. The van der Waals surface area contributed by atoms with E-state index in [1.807, 2.05) is 56.3 Å². The maximum absolute atomic E-state index is 12.5. The second kappa shape index (κ2) is 9.33. The standard InChI is InChI=1S/C22H29N3O2/c1-6-18-9-11-19(12-10-18)23-22(27)17(4)25(5)14-21(26)24-20-13-15(2)7-8-16(20)3/h7-13,17H,6,14H2,1-5H3,(H,23,27)(H,24,26)/t17-/m1/s1. The largest absolute Gasteiger partial charge is 0.325 e. The highest BCUT2D eigenvalue weighted by atomic mass is 16.2. The molecule has 0 spiro atoms. The van der Waals surface area contributed by atoms with Crippen molar-refractivity contribution in [1.29, 1.82) is 0 Å². The Kier molecular flexibility index (Phi) is 7.13. The predicted octanol–water partition coefficient (Wildman–Crippen LogP) is 3.76. The van der Waals surface area contributed by atoms with Crippen LogP contribution in [0.2, 0.25) is 0 Å². The van der Waals surface area contributed by atoms with Gasteiger partial charge in [-0.15, -0.1) is 0 Å². The molecule has 5 nitrogen and oxygen atoms in total. The summed E-state index contributed by atoms with van der Waals surface area (Å²) in [5, 5.41) is 5.83. The highest BCUT2D eigenvalue weighted by Crippen LogP contribution is 2.16. The Morgan fingerprint density at radius 1 is 1.04 bits per heavy atom. The molecule has 0 aliphatic heterocycles. The van der Waals surface area contributed by atoms with Gasteiger partial charge in [-0.3, -0.25) is 14.5 Å². The third-order valence-electron chi connectivity index (χ3n) is 4.73. The number of nitrogens with one attached hydrogen (secondary N) is 2. The smallest absolute Gasteiger partial charge is 0.241 e. The van der Waals surface area contributed by atoms with Crippen LogP contribution in [-0.2, 0) is 16.0 Å². The van der Waals surface area contributed by atoms with Crippen LogP contribution < -0.4 is 10.6 Å². The molecule has 0 radical (unpaired) electrons. The Morgan fingerprint density at radius 2 is 1.70 bits per heavy atom. The van der Waals surface area contributed by atoms with Gasteiger partial charge >= 0.3 is 0 Å². The van der Waals surface area contributed by atoms with Crippen molar-refractivity contribution in [2.24, 2.45) is 0 Å². The third-order valence-corrected chi connectivity index (χ3v) is 4.73. The van der Waals surface area contributed by atoms with Gasteiger partial charge in [-0.05, 0) is 69.1 Å². The van der Waals surface area contributed by atoms with Crippen LogP contribution in [-0.4, -0.2) is 36.3 Å². The minimum absolute atomic E-state index is 0.136. The molecule has 27 heavy (non-hydrogen) atoms. The Balaban J connectivity index is 1.91. The number of hydrogen-bond acceptors (Lipinski definition) is 3. The maximum Gasteiger partial charge on any atom is 0.241 e. The molecule has 0 fully saturated rings. The van der Waals surface area contributed by atoms with Gasteiger partial charge in [0.2, 0.25) is 11.8 Å². The van der Waals surface area contributed by atoms with Crippen LogP contribution in [0.1, 0.15) is 30.5 Å². The summed E-state index contributed by atoms with van der Waals surface area (Å²) in [5.74, 6) is -0.278. The number of hydrogen-bond donors (Lipinski definition) is 2. The highest BCUT2D eigenvalue weighted by molar-refractivity contribution is 5.96. The average molecular weight is 367 g/mol. The lowest BCUT2D eigenvalue weighted by Gasteiger charge is -2.23.